The first-order chi connectivity index (χ1) is 9.58. The third kappa shape index (κ3) is 2.92. The number of esters is 1. The van der Waals surface area contributed by atoms with Crippen LogP contribution in [0.3, 0.4) is 0 Å². The summed E-state index contributed by atoms with van der Waals surface area (Å²) in [5.74, 6) is -0.716. The number of nitrogens with two attached hydrogens (primary N) is 1. The van der Waals surface area contributed by atoms with Crippen LogP contribution in [-0.4, -0.2) is 46.2 Å². The SMILES string of the molecule is CCOC(=O)CN(C(=O)c1n[nH]c(CC)c1N)C1CC1. The zero-order valence-electron chi connectivity index (χ0n) is 11.8. The van der Waals surface area contributed by atoms with Gasteiger partial charge >= 0.3 is 5.97 Å². The molecule has 0 saturated heterocycles. The van der Waals surface area contributed by atoms with Gasteiger partial charge in [0, 0.05) is 6.04 Å². The van der Waals surface area contributed by atoms with Gasteiger partial charge in [-0.05, 0) is 26.2 Å². The number of carbonyl (C=O) groups excluding carboxylic acids is 2. The summed E-state index contributed by atoms with van der Waals surface area (Å²) in [7, 11) is 0. The highest BCUT2D eigenvalue weighted by molar-refractivity contribution is 5.99. The number of rotatable bonds is 6. The molecule has 3 N–H and O–H groups in total. The molecular weight excluding hydrogens is 260 g/mol. The molecule has 0 atom stereocenters. The van der Waals surface area contributed by atoms with Gasteiger partial charge in [0.1, 0.15) is 6.54 Å². The summed E-state index contributed by atoms with van der Waals surface area (Å²) in [6.07, 6.45) is 2.47. The second-order valence-electron chi connectivity index (χ2n) is 4.79. The van der Waals surface area contributed by atoms with Gasteiger partial charge in [0.2, 0.25) is 0 Å². The maximum absolute atomic E-state index is 12.5. The summed E-state index contributed by atoms with van der Waals surface area (Å²) >= 11 is 0. The van der Waals surface area contributed by atoms with Crippen molar-refractivity contribution in [3.63, 3.8) is 0 Å². The smallest absolute Gasteiger partial charge is 0.325 e. The lowest BCUT2D eigenvalue weighted by molar-refractivity contribution is -0.144. The third-order valence-electron chi connectivity index (χ3n) is 3.29. The first kappa shape index (κ1) is 14.4. The van der Waals surface area contributed by atoms with E-state index < -0.39 is 5.97 Å². The maximum Gasteiger partial charge on any atom is 0.325 e. The Kier molecular flexibility index (Phi) is 4.26. The number of aryl methyl sites for hydroxylation is 1. The molecule has 0 spiro atoms. The van der Waals surface area contributed by atoms with Gasteiger partial charge in [-0.2, -0.15) is 5.10 Å². The van der Waals surface area contributed by atoms with E-state index in [1.807, 2.05) is 6.92 Å². The van der Waals surface area contributed by atoms with Crippen molar-refractivity contribution in [3.8, 4) is 0 Å². The second-order valence-corrected chi connectivity index (χ2v) is 4.79. The first-order valence-electron chi connectivity index (χ1n) is 6.87. The van der Waals surface area contributed by atoms with E-state index in [0.29, 0.717) is 18.7 Å². The van der Waals surface area contributed by atoms with Crippen LogP contribution >= 0.6 is 0 Å². The van der Waals surface area contributed by atoms with Crippen LogP contribution in [0.2, 0.25) is 0 Å². The van der Waals surface area contributed by atoms with Crippen molar-refractivity contribution in [1.82, 2.24) is 15.1 Å². The molecule has 2 rings (SSSR count). The normalized spacial score (nSPS) is 14.1. The van der Waals surface area contributed by atoms with Crippen LogP contribution in [0.4, 0.5) is 5.69 Å². The lowest BCUT2D eigenvalue weighted by Gasteiger charge is -2.20. The number of aromatic nitrogens is 2. The van der Waals surface area contributed by atoms with Crippen LogP contribution in [0.5, 0.6) is 0 Å². The highest BCUT2D eigenvalue weighted by atomic mass is 16.5. The molecule has 1 heterocycles. The van der Waals surface area contributed by atoms with Crippen molar-refractivity contribution < 1.29 is 14.3 Å². The predicted octanol–water partition coefficient (Wildman–Crippen LogP) is 0.722. The van der Waals surface area contributed by atoms with E-state index in [1.54, 1.807) is 6.92 Å². The number of nitrogens with one attached hydrogen (secondary N) is 1. The Bertz CT molecular complexity index is 508. The molecule has 0 unspecified atom stereocenters. The molecule has 0 aliphatic heterocycles. The van der Waals surface area contributed by atoms with Crippen molar-refractivity contribution in [2.75, 3.05) is 18.9 Å². The number of aromatic amines is 1. The molecule has 1 aliphatic rings. The Balaban J connectivity index is 2.14. The van der Waals surface area contributed by atoms with Crippen LogP contribution in [0, 0.1) is 0 Å². The molecule has 1 aromatic heterocycles. The molecule has 0 bridgehead atoms. The lowest BCUT2D eigenvalue weighted by Crippen LogP contribution is -2.38. The largest absolute Gasteiger partial charge is 0.465 e. The van der Waals surface area contributed by atoms with Gasteiger partial charge in [-0.25, -0.2) is 0 Å². The predicted molar refractivity (Wildman–Crippen MR) is 73.1 cm³/mol. The average Bonchev–Trinajstić information content (AvgIpc) is 3.19. The van der Waals surface area contributed by atoms with Gasteiger partial charge in [0.15, 0.2) is 5.69 Å². The van der Waals surface area contributed by atoms with E-state index in [-0.39, 0.29) is 24.2 Å². The second kappa shape index (κ2) is 5.94. The number of nitrogens with zero attached hydrogens (tertiary/aromatic N) is 2. The van der Waals surface area contributed by atoms with Gasteiger partial charge in [-0.15, -0.1) is 0 Å². The molecule has 0 radical (unpaired) electrons. The number of amides is 1. The van der Waals surface area contributed by atoms with E-state index in [1.165, 1.54) is 4.90 Å². The molecule has 7 heteroatoms. The van der Waals surface area contributed by atoms with Crippen LogP contribution < -0.4 is 5.73 Å². The average molecular weight is 280 g/mol. The monoisotopic (exact) mass is 280 g/mol. The fourth-order valence-electron chi connectivity index (χ4n) is 2.05. The van der Waals surface area contributed by atoms with E-state index >= 15 is 0 Å². The Hall–Kier alpha value is -2.05. The quantitative estimate of drug-likeness (QED) is 0.748. The van der Waals surface area contributed by atoms with Crippen molar-refractivity contribution in [2.24, 2.45) is 0 Å². The van der Waals surface area contributed by atoms with Crippen LogP contribution in [0.25, 0.3) is 0 Å². The number of nitrogen functional groups attached to an aromatic ring is 1. The summed E-state index contributed by atoms with van der Waals surface area (Å²) in [4.78, 5) is 25.6. The van der Waals surface area contributed by atoms with Crippen LogP contribution in [-0.2, 0) is 16.0 Å². The zero-order chi connectivity index (χ0) is 14.7. The Morgan fingerprint density at radius 3 is 2.65 bits per heavy atom. The standard InChI is InChI=1S/C13H20N4O3/c1-3-9-11(14)12(16-15-9)13(19)17(8-5-6-8)7-10(18)20-4-2/h8H,3-7,14H2,1-2H3,(H,15,16). The van der Waals surface area contributed by atoms with Crippen molar-refractivity contribution in [2.45, 2.75) is 39.2 Å². The topological polar surface area (TPSA) is 101 Å². The van der Waals surface area contributed by atoms with Gasteiger partial charge in [-0.3, -0.25) is 14.7 Å². The number of ether oxygens (including phenoxy) is 1. The van der Waals surface area contributed by atoms with Crippen molar-refractivity contribution in [1.29, 1.82) is 0 Å². The minimum absolute atomic E-state index is 0.0505. The molecular formula is C13H20N4O3. The van der Waals surface area contributed by atoms with Crippen LogP contribution in [0.15, 0.2) is 0 Å². The number of anilines is 1. The van der Waals surface area contributed by atoms with Crippen molar-refractivity contribution in [3.05, 3.63) is 11.4 Å². The summed E-state index contributed by atoms with van der Waals surface area (Å²) < 4.78 is 4.90. The third-order valence-corrected chi connectivity index (χ3v) is 3.29. The first-order valence-corrected chi connectivity index (χ1v) is 6.87. The van der Waals surface area contributed by atoms with Gasteiger partial charge in [-0.1, -0.05) is 6.92 Å². The molecule has 7 nitrogen and oxygen atoms in total. The maximum atomic E-state index is 12.5. The van der Waals surface area contributed by atoms with E-state index in [9.17, 15) is 9.59 Å². The molecule has 1 amide bonds. The Labute approximate surface area is 117 Å². The van der Waals surface area contributed by atoms with Crippen molar-refractivity contribution >= 4 is 17.6 Å². The summed E-state index contributed by atoms with van der Waals surface area (Å²) in [5.41, 5.74) is 7.20. The van der Waals surface area contributed by atoms with Gasteiger partial charge in [0.25, 0.3) is 5.91 Å². The summed E-state index contributed by atoms with van der Waals surface area (Å²) in [5, 5.41) is 6.74. The number of H-pyrrole nitrogens is 1. The Morgan fingerprint density at radius 1 is 1.45 bits per heavy atom. The fourth-order valence-corrected chi connectivity index (χ4v) is 2.05. The molecule has 0 aromatic carbocycles. The minimum atomic E-state index is -0.405. The molecule has 1 aliphatic carbocycles. The van der Waals surface area contributed by atoms with E-state index in [2.05, 4.69) is 10.2 Å². The van der Waals surface area contributed by atoms with Gasteiger partial charge in [0.05, 0.1) is 18.0 Å². The molecule has 1 saturated carbocycles. The highest BCUT2D eigenvalue weighted by Crippen LogP contribution is 2.29. The number of carbonyl (C=O) groups is 2. The number of hydrogen-bond donors (Lipinski definition) is 2. The lowest BCUT2D eigenvalue weighted by atomic mass is 10.2. The Morgan fingerprint density at radius 2 is 2.15 bits per heavy atom. The van der Waals surface area contributed by atoms with E-state index in [4.69, 9.17) is 10.5 Å². The molecule has 1 aromatic rings. The minimum Gasteiger partial charge on any atom is -0.465 e. The molecule has 1 fully saturated rings. The molecule has 110 valence electrons. The van der Waals surface area contributed by atoms with Crippen LogP contribution in [0.1, 0.15) is 42.9 Å². The zero-order valence-corrected chi connectivity index (χ0v) is 11.8. The number of hydrogen-bond acceptors (Lipinski definition) is 5. The summed E-state index contributed by atoms with van der Waals surface area (Å²) in [6, 6.07) is 0.0908. The molecule has 20 heavy (non-hydrogen) atoms. The van der Waals surface area contributed by atoms with E-state index in [0.717, 1.165) is 18.5 Å². The fraction of sp³-hybridized carbons (Fsp3) is 0.615. The van der Waals surface area contributed by atoms with Gasteiger partial charge < -0.3 is 15.4 Å². The summed E-state index contributed by atoms with van der Waals surface area (Å²) in [6.45, 7) is 3.91. The highest BCUT2D eigenvalue weighted by Gasteiger charge is 2.36.